The average Bonchev–Trinajstić information content (AvgIpc) is 3.50. The quantitative estimate of drug-likeness (QED) is 0.383. The van der Waals surface area contributed by atoms with Gasteiger partial charge in [-0.1, -0.05) is 12.1 Å². The maximum atomic E-state index is 13.7. The van der Waals surface area contributed by atoms with Gasteiger partial charge in [0.2, 0.25) is 5.91 Å². The van der Waals surface area contributed by atoms with Gasteiger partial charge in [-0.05, 0) is 86.5 Å². The smallest absolute Gasteiger partial charge is 0.370 e. The number of amides is 1. The molecule has 5 atom stereocenters. The SMILES string of the molecule is CNC(=O)[C@H]1CCCN1CC1CCC(O[C@H](C)c2cc(C(F)(F)F)cc(C(F)(F)F)c2)C1c1ccc(F)cc1. The second kappa shape index (κ2) is 11.4. The van der Waals surface area contributed by atoms with E-state index in [2.05, 4.69) is 10.2 Å². The zero-order valence-corrected chi connectivity index (χ0v) is 21.6. The van der Waals surface area contributed by atoms with Crippen LogP contribution in [0.25, 0.3) is 0 Å². The van der Waals surface area contributed by atoms with Crippen LogP contribution in [0, 0.1) is 11.7 Å². The first kappa shape index (κ1) is 29.3. The number of ether oxygens (including phenoxy) is 1. The molecule has 1 aliphatic heterocycles. The van der Waals surface area contributed by atoms with Gasteiger partial charge < -0.3 is 10.1 Å². The first-order valence-electron chi connectivity index (χ1n) is 12.9. The molecule has 0 aromatic heterocycles. The summed E-state index contributed by atoms with van der Waals surface area (Å²) in [5.74, 6) is -0.797. The molecule has 39 heavy (non-hydrogen) atoms. The first-order chi connectivity index (χ1) is 18.3. The molecule has 3 unspecified atom stereocenters. The molecule has 1 saturated carbocycles. The Hall–Kier alpha value is -2.66. The summed E-state index contributed by atoms with van der Waals surface area (Å²) in [7, 11) is 1.58. The number of nitrogens with one attached hydrogen (secondary N) is 1. The molecular weight excluding hydrogens is 529 g/mol. The molecule has 0 radical (unpaired) electrons. The minimum atomic E-state index is -4.96. The summed E-state index contributed by atoms with van der Waals surface area (Å²) >= 11 is 0. The van der Waals surface area contributed by atoms with Crippen LogP contribution in [0.15, 0.2) is 42.5 Å². The van der Waals surface area contributed by atoms with Crippen LogP contribution >= 0.6 is 0 Å². The number of rotatable bonds is 7. The molecule has 11 heteroatoms. The van der Waals surface area contributed by atoms with Crippen molar-refractivity contribution in [2.45, 2.75) is 69.1 Å². The Bertz CT molecular complexity index is 1120. The summed E-state index contributed by atoms with van der Waals surface area (Å²) in [5, 5.41) is 2.69. The lowest BCUT2D eigenvalue weighted by Gasteiger charge is -2.32. The molecule has 4 nitrogen and oxygen atoms in total. The number of likely N-dealkylation sites (N-methyl/N-ethyl adjacent to an activating group) is 1. The van der Waals surface area contributed by atoms with E-state index < -0.39 is 41.5 Å². The zero-order chi connectivity index (χ0) is 28.5. The Morgan fingerprint density at radius 3 is 2.18 bits per heavy atom. The van der Waals surface area contributed by atoms with E-state index >= 15 is 0 Å². The summed E-state index contributed by atoms with van der Waals surface area (Å²) in [4.78, 5) is 14.5. The molecule has 1 heterocycles. The van der Waals surface area contributed by atoms with Crippen molar-refractivity contribution in [2.75, 3.05) is 20.1 Å². The van der Waals surface area contributed by atoms with E-state index in [-0.39, 0.29) is 35.4 Å². The van der Waals surface area contributed by atoms with Gasteiger partial charge >= 0.3 is 12.4 Å². The van der Waals surface area contributed by atoms with Crippen LogP contribution in [0.3, 0.4) is 0 Å². The number of hydrogen-bond acceptors (Lipinski definition) is 3. The van der Waals surface area contributed by atoms with Crippen molar-refractivity contribution >= 4 is 5.91 Å². The van der Waals surface area contributed by atoms with Crippen molar-refractivity contribution in [3.8, 4) is 0 Å². The number of hydrogen-bond donors (Lipinski definition) is 1. The van der Waals surface area contributed by atoms with Crippen LogP contribution < -0.4 is 5.32 Å². The van der Waals surface area contributed by atoms with Crippen LogP contribution in [0.5, 0.6) is 0 Å². The Balaban J connectivity index is 1.61. The van der Waals surface area contributed by atoms with Crippen molar-refractivity contribution in [3.05, 3.63) is 70.5 Å². The fraction of sp³-hybridized carbons (Fsp3) is 0.536. The highest BCUT2D eigenvalue weighted by molar-refractivity contribution is 5.81. The topological polar surface area (TPSA) is 41.6 Å². The number of likely N-dealkylation sites (tertiary alicyclic amines) is 1. The molecule has 0 spiro atoms. The van der Waals surface area contributed by atoms with Gasteiger partial charge in [0.15, 0.2) is 0 Å². The monoisotopic (exact) mass is 560 g/mol. The number of carbonyl (C=O) groups is 1. The van der Waals surface area contributed by atoms with Crippen LogP contribution in [-0.4, -0.2) is 43.1 Å². The molecule has 214 valence electrons. The maximum absolute atomic E-state index is 13.7. The van der Waals surface area contributed by atoms with E-state index in [4.69, 9.17) is 4.74 Å². The molecular formula is C28H31F7N2O2. The van der Waals surface area contributed by atoms with Crippen molar-refractivity contribution in [1.82, 2.24) is 10.2 Å². The second-order valence-corrected chi connectivity index (χ2v) is 10.3. The highest BCUT2D eigenvalue weighted by Gasteiger charge is 2.43. The van der Waals surface area contributed by atoms with Gasteiger partial charge in [-0.3, -0.25) is 9.69 Å². The predicted octanol–water partition coefficient (Wildman–Crippen LogP) is 6.71. The fourth-order valence-corrected chi connectivity index (χ4v) is 5.93. The average molecular weight is 561 g/mol. The standard InChI is InChI=1S/C28H31F7N2O2/c1-16(19-12-20(27(30,31)32)14-21(13-19)28(33,34)35)39-24-10-7-18(25(24)17-5-8-22(29)9-6-17)15-37-11-3-4-23(37)26(38)36-2/h5-6,8-9,12-14,16,18,23-25H,3-4,7,10-11,15H2,1-2H3,(H,36,38)/t16-,18?,23-,24?,25?/m1/s1. The summed E-state index contributed by atoms with van der Waals surface area (Å²) in [6.45, 7) is 2.74. The molecule has 1 saturated heterocycles. The van der Waals surface area contributed by atoms with E-state index in [0.717, 1.165) is 24.9 Å². The lowest BCUT2D eigenvalue weighted by Crippen LogP contribution is -2.44. The van der Waals surface area contributed by atoms with Gasteiger partial charge in [-0.25, -0.2) is 4.39 Å². The molecule has 2 aliphatic rings. The van der Waals surface area contributed by atoms with Crippen molar-refractivity contribution in [2.24, 2.45) is 5.92 Å². The molecule has 2 fully saturated rings. The van der Waals surface area contributed by atoms with Crippen LogP contribution in [0.1, 0.15) is 66.9 Å². The Morgan fingerprint density at radius 1 is 1.00 bits per heavy atom. The minimum Gasteiger partial charge on any atom is -0.370 e. The van der Waals surface area contributed by atoms with E-state index in [9.17, 15) is 35.5 Å². The van der Waals surface area contributed by atoms with Gasteiger partial charge in [0.1, 0.15) is 5.82 Å². The number of alkyl halides is 6. The van der Waals surface area contributed by atoms with Crippen LogP contribution in [-0.2, 0) is 21.9 Å². The van der Waals surface area contributed by atoms with E-state index in [1.54, 1.807) is 19.2 Å². The van der Waals surface area contributed by atoms with E-state index in [1.807, 2.05) is 0 Å². The van der Waals surface area contributed by atoms with E-state index in [0.29, 0.717) is 31.5 Å². The molecule has 2 aromatic rings. The number of benzene rings is 2. The largest absolute Gasteiger partial charge is 0.416 e. The summed E-state index contributed by atoms with van der Waals surface area (Å²) in [6.07, 6.45) is -8.73. The van der Waals surface area contributed by atoms with Crippen molar-refractivity contribution in [3.63, 3.8) is 0 Å². The fourth-order valence-electron chi connectivity index (χ4n) is 5.93. The second-order valence-electron chi connectivity index (χ2n) is 10.3. The Morgan fingerprint density at radius 2 is 1.62 bits per heavy atom. The minimum absolute atomic E-state index is 0.00911. The van der Waals surface area contributed by atoms with Crippen LogP contribution in [0.2, 0.25) is 0 Å². The van der Waals surface area contributed by atoms with Gasteiger partial charge in [-0.15, -0.1) is 0 Å². The van der Waals surface area contributed by atoms with Crippen molar-refractivity contribution in [1.29, 1.82) is 0 Å². The molecule has 1 amide bonds. The van der Waals surface area contributed by atoms with Gasteiger partial charge in [0, 0.05) is 19.5 Å². The Labute approximate surface area is 222 Å². The lowest BCUT2D eigenvalue weighted by molar-refractivity contribution is -0.143. The summed E-state index contributed by atoms with van der Waals surface area (Å²) < 4.78 is 100. The molecule has 0 bridgehead atoms. The third-order valence-corrected chi connectivity index (χ3v) is 7.83. The molecule has 1 N–H and O–H groups in total. The normalized spacial score (nSPS) is 25.2. The number of nitrogens with zero attached hydrogens (tertiary/aromatic N) is 1. The Kier molecular flexibility index (Phi) is 8.61. The molecule has 2 aromatic carbocycles. The third-order valence-electron chi connectivity index (χ3n) is 7.83. The maximum Gasteiger partial charge on any atom is 0.416 e. The third kappa shape index (κ3) is 6.74. The van der Waals surface area contributed by atoms with Gasteiger partial charge in [0.25, 0.3) is 0 Å². The van der Waals surface area contributed by atoms with E-state index in [1.165, 1.54) is 19.1 Å². The molecule has 4 rings (SSSR count). The lowest BCUT2D eigenvalue weighted by atomic mass is 9.86. The van der Waals surface area contributed by atoms with Gasteiger partial charge in [-0.2, -0.15) is 26.3 Å². The summed E-state index contributed by atoms with van der Waals surface area (Å²) in [6, 6.07) is 7.11. The first-order valence-corrected chi connectivity index (χ1v) is 12.9. The number of halogens is 7. The summed E-state index contributed by atoms with van der Waals surface area (Å²) in [5.41, 5.74) is -2.24. The highest BCUT2D eigenvalue weighted by atomic mass is 19.4. The van der Waals surface area contributed by atoms with Crippen molar-refractivity contribution < 1.29 is 40.3 Å². The van der Waals surface area contributed by atoms with Crippen LogP contribution in [0.4, 0.5) is 30.7 Å². The number of carbonyl (C=O) groups excluding carboxylic acids is 1. The van der Waals surface area contributed by atoms with Gasteiger partial charge in [0.05, 0.1) is 29.4 Å². The molecule has 1 aliphatic carbocycles. The highest BCUT2D eigenvalue weighted by Crippen LogP contribution is 2.45. The zero-order valence-electron chi connectivity index (χ0n) is 21.6. The predicted molar refractivity (Wildman–Crippen MR) is 130 cm³/mol.